The largest absolute Gasteiger partial charge is 0.465 e. The monoisotopic (exact) mass is 339 g/mol. The van der Waals surface area contributed by atoms with E-state index in [0.717, 1.165) is 0 Å². The van der Waals surface area contributed by atoms with Crippen molar-refractivity contribution in [3.63, 3.8) is 0 Å². The first-order chi connectivity index (χ1) is 12.1. The molecule has 0 radical (unpaired) electrons. The number of esters is 1. The fourth-order valence-electron chi connectivity index (χ4n) is 2.18. The van der Waals surface area contributed by atoms with Crippen LogP contribution in [0, 0.1) is 0 Å². The van der Waals surface area contributed by atoms with Crippen LogP contribution in [0.2, 0.25) is 0 Å². The summed E-state index contributed by atoms with van der Waals surface area (Å²) >= 11 is 0. The number of imide groups is 1. The smallest absolute Gasteiger partial charge is 0.337 e. The highest BCUT2D eigenvalue weighted by molar-refractivity contribution is 6.09. The first kappa shape index (κ1) is 16.2. The van der Waals surface area contributed by atoms with E-state index in [1.165, 1.54) is 31.7 Å². The Balaban J connectivity index is 1.67. The van der Waals surface area contributed by atoms with Crippen LogP contribution in [-0.2, 0) is 4.74 Å². The number of hydrogen-bond acceptors (Lipinski definition) is 6. The summed E-state index contributed by atoms with van der Waals surface area (Å²) in [5, 5.41) is 4.68. The van der Waals surface area contributed by atoms with E-state index in [9.17, 15) is 14.4 Å². The number of fused-ring (bicyclic) bond motifs is 1. The van der Waals surface area contributed by atoms with Crippen LogP contribution in [0.1, 0.15) is 20.7 Å². The third kappa shape index (κ3) is 3.63. The third-order valence-corrected chi connectivity index (χ3v) is 3.36. The van der Waals surface area contributed by atoms with E-state index in [4.69, 9.17) is 4.42 Å². The third-order valence-electron chi connectivity index (χ3n) is 3.36. The molecule has 1 aromatic heterocycles. The minimum Gasteiger partial charge on any atom is -0.465 e. The molecule has 2 aromatic carbocycles. The zero-order chi connectivity index (χ0) is 17.8. The summed E-state index contributed by atoms with van der Waals surface area (Å²) in [6, 6.07) is 10.1. The summed E-state index contributed by atoms with van der Waals surface area (Å²) in [5.41, 5.74) is 1.93. The van der Waals surface area contributed by atoms with Crippen LogP contribution >= 0.6 is 0 Å². The number of urea groups is 1. The highest BCUT2D eigenvalue weighted by Crippen LogP contribution is 2.14. The van der Waals surface area contributed by atoms with E-state index < -0.39 is 17.9 Å². The van der Waals surface area contributed by atoms with Crippen LogP contribution < -0.4 is 10.6 Å². The van der Waals surface area contributed by atoms with E-state index in [1.54, 1.807) is 24.3 Å². The van der Waals surface area contributed by atoms with Gasteiger partial charge in [0.25, 0.3) is 5.91 Å². The summed E-state index contributed by atoms with van der Waals surface area (Å²) in [5.74, 6) is -1.12. The molecule has 8 nitrogen and oxygen atoms in total. The Morgan fingerprint density at radius 2 is 1.92 bits per heavy atom. The number of methoxy groups -OCH3 is 1. The molecule has 3 amide bonds. The molecule has 0 saturated carbocycles. The summed E-state index contributed by atoms with van der Waals surface area (Å²) in [6.07, 6.45) is 1.27. The molecular weight excluding hydrogens is 326 g/mol. The van der Waals surface area contributed by atoms with Crippen molar-refractivity contribution in [3.8, 4) is 0 Å². The molecule has 0 aliphatic heterocycles. The number of nitrogens with zero attached hydrogens (tertiary/aromatic N) is 1. The summed E-state index contributed by atoms with van der Waals surface area (Å²) < 4.78 is 9.73. The van der Waals surface area contributed by atoms with Gasteiger partial charge in [0.05, 0.1) is 12.7 Å². The molecule has 0 aliphatic rings. The molecule has 0 fully saturated rings. The van der Waals surface area contributed by atoms with Gasteiger partial charge < -0.3 is 14.5 Å². The number of oxazole rings is 1. The van der Waals surface area contributed by atoms with Crippen LogP contribution in [0.15, 0.2) is 53.3 Å². The molecule has 1 heterocycles. The topological polar surface area (TPSA) is 111 Å². The zero-order valence-corrected chi connectivity index (χ0v) is 13.1. The number of amides is 3. The molecule has 3 rings (SSSR count). The number of carbonyl (C=O) groups excluding carboxylic acids is 3. The Kier molecular flexibility index (Phi) is 4.42. The Labute approximate surface area is 141 Å². The van der Waals surface area contributed by atoms with Crippen molar-refractivity contribution >= 4 is 34.7 Å². The van der Waals surface area contributed by atoms with E-state index in [-0.39, 0.29) is 11.1 Å². The van der Waals surface area contributed by atoms with Gasteiger partial charge >= 0.3 is 12.0 Å². The number of aromatic nitrogens is 1. The summed E-state index contributed by atoms with van der Waals surface area (Å²) in [7, 11) is 1.26. The average molecular weight is 339 g/mol. The number of carbonyl (C=O) groups is 3. The number of rotatable bonds is 3. The predicted molar refractivity (Wildman–Crippen MR) is 88.3 cm³/mol. The minimum atomic E-state index is -0.732. The molecule has 3 aromatic rings. The summed E-state index contributed by atoms with van der Waals surface area (Å²) in [4.78, 5) is 39.5. The van der Waals surface area contributed by atoms with Gasteiger partial charge in [-0.3, -0.25) is 10.1 Å². The van der Waals surface area contributed by atoms with Gasteiger partial charge in [0.15, 0.2) is 12.0 Å². The molecule has 8 heteroatoms. The second-order valence-corrected chi connectivity index (χ2v) is 5.02. The van der Waals surface area contributed by atoms with Crippen molar-refractivity contribution in [1.29, 1.82) is 0 Å². The molecule has 0 spiro atoms. The Morgan fingerprint density at radius 1 is 1.08 bits per heavy atom. The van der Waals surface area contributed by atoms with Gasteiger partial charge in [0, 0.05) is 11.3 Å². The molecule has 25 heavy (non-hydrogen) atoms. The van der Waals surface area contributed by atoms with Crippen LogP contribution in [0.25, 0.3) is 11.1 Å². The highest BCUT2D eigenvalue weighted by atomic mass is 16.5. The zero-order valence-electron chi connectivity index (χ0n) is 13.1. The standard InChI is InChI=1S/C17H13N3O5/c1-24-16(22)11-3-2-4-12(7-11)19-17(23)20-15(21)10-5-6-13-14(8-10)25-9-18-13/h2-9H,1H3,(H2,19,20,21,23). The van der Waals surface area contributed by atoms with Gasteiger partial charge in [-0.2, -0.15) is 0 Å². The first-order valence-corrected chi connectivity index (χ1v) is 7.21. The molecule has 0 saturated heterocycles. The Morgan fingerprint density at radius 3 is 2.72 bits per heavy atom. The quantitative estimate of drug-likeness (QED) is 0.710. The molecule has 126 valence electrons. The fourth-order valence-corrected chi connectivity index (χ4v) is 2.18. The Hall–Kier alpha value is -3.68. The number of nitrogens with one attached hydrogen (secondary N) is 2. The lowest BCUT2D eigenvalue weighted by molar-refractivity contribution is 0.0600. The maximum absolute atomic E-state index is 12.1. The molecule has 0 unspecified atom stereocenters. The Bertz CT molecular complexity index is 964. The summed E-state index contributed by atoms with van der Waals surface area (Å²) in [6.45, 7) is 0. The second kappa shape index (κ2) is 6.83. The number of ether oxygens (including phenoxy) is 1. The van der Waals surface area contributed by atoms with E-state index in [0.29, 0.717) is 16.8 Å². The van der Waals surface area contributed by atoms with Gasteiger partial charge in [-0.05, 0) is 36.4 Å². The molecular formula is C17H13N3O5. The lowest BCUT2D eigenvalue weighted by Gasteiger charge is -2.08. The normalized spacial score (nSPS) is 10.3. The van der Waals surface area contributed by atoms with Gasteiger partial charge in [-0.25, -0.2) is 14.6 Å². The van der Waals surface area contributed by atoms with E-state index in [1.807, 2.05) is 0 Å². The van der Waals surface area contributed by atoms with Crippen molar-refractivity contribution < 1.29 is 23.5 Å². The van der Waals surface area contributed by atoms with Gasteiger partial charge in [-0.15, -0.1) is 0 Å². The van der Waals surface area contributed by atoms with Crippen LogP contribution in [0.5, 0.6) is 0 Å². The fraction of sp³-hybridized carbons (Fsp3) is 0.0588. The van der Waals surface area contributed by atoms with Gasteiger partial charge in [-0.1, -0.05) is 6.07 Å². The van der Waals surface area contributed by atoms with Crippen molar-refractivity contribution in [1.82, 2.24) is 10.3 Å². The maximum Gasteiger partial charge on any atom is 0.337 e. The van der Waals surface area contributed by atoms with Gasteiger partial charge in [0.2, 0.25) is 0 Å². The molecule has 0 bridgehead atoms. The lowest BCUT2D eigenvalue weighted by Crippen LogP contribution is -2.34. The predicted octanol–water partition coefficient (Wildman–Crippen LogP) is 2.58. The molecule has 2 N–H and O–H groups in total. The number of benzene rings is 2. The first-order valence-electron chi connectivity index (χ1n) is 7.21. The van der Waals surface area contributed by atoms with Crippen LogP contribution in [0.3, 0.4) is 0 Å². The minimum absolute atomic E-state index is 0.253. The molecule has 0 atom stereocenters. The lowest BCUT2D eigenvalue weighted by atomic mass is 10.2. The number of hydrogen-bond donors (Lipinski definition) is 2. The van der Waals surface area contributed by atoms with Crippen LogP contribution in [-0.4, -0.2) is 30.0 Å². The van der Waals surface area contributed by atoms with E-state index in [2.05, 4.69) is 20.4 Å². The van der Waals surface area contributed by atoms with Gasteiger partial charge in [0.1, 0.15) is 5.52 Å². The van der Waals surface area contributed by atoms with Crippen molar-refractivity contribution in [3.05, 3.63) is 60.0 Å². The highest BCUT2D eigenvalue weighted by Gasteiger charge is 2.13. The van der Waals surface area contributed by atoms with Crippen molar-refractivity contribution in [2.45, 2.75) is 0 Å². The number of anilines is 1. The average Bonchev–Trinajstić information content (AvgIpc) is 3.08. The van der Waals surface area contributed by atoms with Crippen LogP contribution in [0.4, 0.5) is 10.5 Å². The second-order valence-electron chi connectivity index (χ2n) is 5.02. The van der Waals surface area contributed by atoms with Crippen molar-refractivity contribution in [2.75, 3.05) is 12.4 Å². The maximum atomic E-state index is 12.1. The van der Waals surface area contributed by atoms with E-state index >= 15 is 0 Å². The SMILES string of the molecule is COC(=O)c1cccc(NC(=O)NC(=O)c2ccc3ncoc3c2)c1. The molecule has 0 aliphatic carbocycles. The van der Waals surface area contributed by atoms with Crippen molar-refractivity contribution in [2.24, 2.45) is 0 Å².